The topological polar surface area (TPSA) is 163 Å². The largest absolute Gasteiger partial charge is 0.508 e. The van der Waals surface area contributed by atoms with E-state index in [4.69, 9.17) is 9.47 Å². The lowest BCUT2D eigenvalue weighted by Gasteiger charge is -2.23. The van der Waals surface area contributed by atoms with E-state index in [2.05, 4.69) is 5.32 Å². The van der Waals surface area contributed by atoms with Gasteiger partial charge in [-0.1, -0.05) is 36.4 Å². The summed E-state index contributed by atoms with van der Waals surface area (Å²) in [7, 11) is 1.52. The number of Topliss-reactive ketones (excluding diaryl/α,β-unsaturated/α-hetero) is 1. The van der Waals surface area contributed by atoms with Gasteiger partial charge in [-0.2, -0.15) is 0 Å². The molecule has 5 N–H and O–H groups in total. The number of ketones is 1. The summed E-state index contributed by atoms with van der Waals surface area (Å²) in [5, 5.41) is 46.0. The molecule has 0 radical (unpaired) electrons. The fourth-order valence-electron chi connectivity index (χ4n) is 5.56. The van der Waals surface area contributed by atoms with Crippen molar-refractivity contribution in [2.45, 2.75) is 70.0 Å². The molecule has 1 aliphatic heterocycles. The quantitative estimate of drug-likeness (QED) is 0.197. The first-order valence-corrected chi connectivity index (χ1v) is 15.4. The number of ether oxygens (including phenoxy) is 2. The predicted octanol–water partition coefficient (Wildman–Crippen LogP) is 5.67. The third kappa shape index (κ3) is 8.88. The second-order valence-electron chi connectivity index (χ2n) is 11.5. The SMILES string of the molecule is COc1ccc(C(CC(=O)NCC(O)c2cccc(O)c2)c2c(O)cc3c(c2O)C(=O)O[C@@H](C)CCCC(=O)CCC/C=C/3)cc1. The van der Waals surface area contributed by atoms with Gasteiger partial charge in [0.05, 0.1) is 19.3 Å². The van der Waals surface area contributed by atoms with E-state index in [1.807, 2.05) is 0 Å². The number of benzene rings is 3. The van der Waals surface area contributed by atoms with E-state index in [9.17, 15) is 34.8 Å². The molecule has 3 aromatic rings. The number of fused-ring (bicyclic) bond motifs is 1. The Morgan fingerprint density at radius 1 is 1.02 bits per heavy atom. The third-order valence-electron chi connectivity index (χ3n) is 8.05. The number of carbonyl (C=O) groups is 3. The first kappa shape index (κ1) is 34.1. The maximum absolute atomic E-state index is 13.5. The number of phenolic OH excluding ortho intramolecular Hbond substituents is 3. The highest BCUT2D eigenvalue weighted by atomic mass is 16.5. The molecule has 10 heteroatoms. The van der Waals surface area contributed by atoms with Crippen LogP contribution in [0.2, 0.25) is 0 Å². The van der Waals surface area contributed by atoms with Crippen LogP contribution in [-0.4, -0.2) is 57.8 Å². The molecule has 0 aromatic heterocycles. The molecule has 0 fully saturated rings. The molecule has 0 aliphatic carbocycles. The number of nitrogens with one attached hydrogen (secondary N) is 1. The second kappa shape index (κ2) is 15.9. The van der Waals surface area contributed by atoms with Crippen LogP contribution in [0.3, 0.4) is 0 Å². The highest BCUT2D eigenvalue weighted by molar-refractivity contribution is 5.98. The Balaban J connectivity index is 1.71. The third-order valence-corrected chi connectivity index (χ3v) is 8.05. The van der Waals surface area contributed by atoms with E-state index in [0.29, 0.717) is 55.4 Å². The zero-order valence-electron chi connectivity index (χ0n) is 26.1. The number of hydrogen-bond acceptors (Lipinski definition) is 9. The van der Waals surface area contributed by atoms with Crippen LogP contribution in [0.1, 0.15) is 96.5 Å². The Bertz CT molecular complexity index is 1560. The zero-order valence-corrected chi connectivity index (χ0v) is 26.1. The number of hydrogen-bond donors (Lipinski definition) is 5. The van der Waals surface area contributed by atoms with Gasteiger partial charge in [0.15, 0.2) is 0 Å². The van der Waals surface area contributed by atoms with Crippen LogP contribution < -0.4 is 10.1 Å². The van der Waals surface area contributed by atoms with Crippen LogP contribution in [0.5, 0.6) is 23.0 Å². The van der Waals surface area contributed by atoms with Gasteiger partial charge in [0, 0.05) is 37.3 Å². The average molecular weight is 632 g/mol. The van der Waals surface area contributed by atoms with Gasteiger partial charge >= 0.3 is 5.97 Å². The maximum atomic E-state index is 13.5. The number of cyclic esters (lactones) is 1. The molecule has 46 heavy (non-hydrogen) atoms. The molecule has 2 unspecified atom stereocenters. The van der Waals surface area contributed by atoms with E-state index >= 15 is 0 Å². The number of aliphatic hydroxyl groups excluding tert-OH is 1. The van der Waals surface area contributed by atoms with Gasteiger partial charge in [-0.3, -0.25) is 9.59 Å². The predicted molar refractivity (Wildman–Crippen MR) is 172 cm³/mol. The fraction of sp³-hybridized carbons (Fsp3) is 0.361. The molecule has 244 valence electrons. The molecule has 4 rings (SSSR count). The van der Waals surface area contributed by atoms with Crippen LogP contribution >= 0.6 is 0 Å². The Kier molecular flexibility index (Phi) is 11.8. The number of rotatable bonds is 8. The lowest BCUT2D eigenvalue weighted by atomic mass is 9.84. The molecule has 1 amide bonds. The molecular weight excluding hydrogens is 590 g/mol. The van der Waals surface area contributed by atoms with Crippen molar-refractivity contribution in [3.63, 3.8) is 0 Å². The summed E-state index contributed by atoms with van der Waals surface area (Å²) < 4.78 is 11.0. The number of methoxy groups -OCH3 is 1. The normalized spacial score (nSPS) is 17.9. The van der Waals surface area contributed by atoms with Crippen molar-refractivity contribution in [3.05, 3.63) is 88.5 Å². The van der Waals surface area contributed by atoms with Crippen molar-refractivity contribution >= 4 is 23.7 Å². The summed E-state index contributed by atoms with van der Waals surface area (Å²) in [5.74, 6) is -2.34. The van der Waals surface area contributed by atoms with Crippen LogP contribution in [0.15, 0.2) is 60.7 Å². The van der Waals surface area contributed by atoms with Crippen LogP contribution in [0.25, 0.3) is 6.08 Å². The lowest BCUT2D eigenvalue weighted by molar-refractivity contribution is -0.122. The van der Waals surface area contributed by atoms with Crippen molar-refractivity contribution in [3.8, 4) is 23.0 Å². The van der Waals surface area contributed by atoms with Gasteiger partial charge < -0.3 is 35.2 Å². The number of allylic oxidation sites excluding steroid dienone is 1. The summed E-state index contributed by atoms with van der Waals surface area (Å²) in [6, 6.07) is 14.2. The van der Waals surface area contributed by atoms with Gasteiger partial charge in [-0.25, -0.2) is 4.79 Å². The minimum absolute atomic E-state index is 0.0197. The van der Waals surface area contributed by atoms with Gasteiger partial charge in [0.25, 0.3) is 0 Å². The minimum Gasteiger partial charge on any atom is -0.508 e. The Hall–Kier alpha value is -4.83. The molecule has 0 saturated carbocycles. The summed E-state index contributed by atoms with van der Waals surface area (Å²) in [6.45, 7) is 1.57. The molecule has 3 aromatic carbocycles. The lowest BCUT2D eigenvalue weighted by Crippen LogP contribution is -2.29. The van der Waals surface area contributed by atoms with Gasteiger partial charge in [-0.05, 0) is 79.6 Å². The number of carbonyl (C=O) groups excluding carboxylic acids is 3. The number of amides is 1. The zero-order chi connectivity index (χ0) is 33.2. The first-order valence-electron chi connectivity index (χ1n) is 15.4. The average Bonchev–Trinajstić information content (AvgIpc) is 3.02. The Morgan fingerprint density at radius 2 is 1.76 bits per heavy atom. The monoisotopic (exact) mass is 631 g/mol. The number of esters is 1. The van der Waals surface area contributed by atoms with Crippen molar-refractivity contribution in [2.24, 2.45) is 0 Å². The summed E-state index contributed by atoms with van der Waals surface area (Å²) in [6.07, 6.45) is 4.59. The smallest absolute Gasteiger partial charge is 0.342 e. The molecule has 0 saturated heterocycles. The molecule has 3 atom stereocenters. The van der Waals surface area contributed by atoms with Gasteiger partial charge in [0.1, 0.15) is 34.3 Å². The molecule has 1 heterocycles. The van der Waals surface area contributed by atoms with Crippen LogP contribution in [0, 0.1) is 0 Å². The van der Waals surface area contributed by atoms with E-state index in [1.54, 1.807) is 55.5 Å². The molecule has 10 nitrogen and oxygen atoms in total. The molecular formula is C36H41NO9. The minimum atomic E-state index is -1.09. The van der Waals surface area contributed by atoms with E-state index < -0.39 is 35.8 Å². The van der Waals surface area contributed by atoms with Crippen molar-refractivity contribution in [1.29, 1.82) is 0 Å². The highest BCUT2D eigenvalue weighted by Gasteiger charge is 2.31. The summed E-state index contributed by atoms with van der Waals surface area (Å²) in [4.78, 5) is 39.0. The first-order chi connectivity index (χ1) is 22.1. The van der Waals surface area contributed by atoms with E-state index in [1.165, 1.54) is 25.3 Å². The van der Waals surface area contributed by atoms with Gasteiger partial charge in [-0.15, -0.1) is 0 Å². The van der Waals surface area contributed by atoms with Crippen molar-refractivity contribution in [2.75, 3.05) is 13.7 Å². The van der Waals surface area contributed by atoms with Crippen molar-refractivity contribution < 1.29 is 44.3 Å². The highest BCUT2D eigenvalue weighted by Crippen LogP contribution is 2.44. The summed E-state index contributed by atoms with van der Waals surface area (Å²) in [5.41, 5.74) is 1.05. The van der Waals surface area contributed by atoms with E-state index in [-0.39, 0.29) is 46.9 Å². The van der Waals surface area contributed by atoms with Crippen LogP contribution in [-0.2, 0) is 14.3 Å². The second-order valence-corrected chi connectivity index (χ2v) is 11.5. The Morgan fingerprint density at radius 3 is 2.48 bits per heavy atom. The Labute approximate surface area is 268 Å². The van der Waals surface area contributed by atoms with Gasteiger partial charge in [0.2, 0.25) is 5.91 Å². The molecule has 1 aliphatic rings. The number of phenols is 3. The van der Waals surface area contributed by atoms with E-state index in [0.717, 1.165) is 0 Å². The maximum Gasteiger partial charge on any atom is 0.342 e. The fourth-order valence-corrected chi connectivity index (χ4v) is 5.56. The number of aromatic hydroxyl groups is 3. The van der Waals surface area contributed by atoms with Crippen molar-refractivity contribution in [1.82, 2.24) is 5.32 Å². The molecule has 0 spiro atoms. The number of aliphatic hydroxyl groups is 1. The molecule has 0 bridgehead atoms. The standard InChI is InChI=1S/C36H41NO9/c1-22-8-6-12-26(38)11-5-3-4-9-25-19-30(40)34(35(43)33(25)36(44)46-22)29(23-14-16-28(45-2)17-15-23)20-32(42)37-21-31(41)24-10-7-13-27(39)18-24/h4,7,9-10,13-19,22,29,31,39-41,43H,3,5-6,8,11-12,20-21H2,1-2H3,(H,37,42)/b9-4+/t22-,29?,31?/m0/s1. The van der Waals surface area contributed by atoms with Crippen LogP contribution in [0.4, 0.5) is 0 Å². The summed E-state index contributed by atoms with van der Waals surface area (Å²) >= 11 is 0.